The van der Waals surface area contributed by atoms with Crippen molar-refractivity contribution in [3.63, 3.8) is 0 Å². The van der Waals surface area contributed by atoms with Gasteiger partial charge in [-0.1, -0.05) is 66.2 Å². The van der Waals surface area contributed by atoms with Gasteiger partial charge in [0.2, 0.25) is 0 Å². The SMILES string of the molecule is CC(N=C1CC(C)(C)Cc2ccc(Br)cc21)c1ccccc1. The number of hydrogen-bond acceptors (Lipinski definition) is 1. The van der Waals surface area contributed by atoms with E-state index >= 15 is 0 Å². The van der Waals surface area contributed by atoms with Crippen molar-refractivity contribution in [1.29, 1.82) is 0 Å². The number of rotatable bonds is 2. The summed E-state index contributed by atoms with van der Waals surface area (Å²) in [6.07, 6.45) is 2.15. The first-order chi connectivity index (χ1) is 10.4. The first kappa shape index (κ1) is 15.5. The Morgan fingerprint density at radius 1 is 1.05 bits per heavy atom. The van der Waals surface area contributed by atoms with Gasteiger partial charge >= 0.3 is 0 Å². The van der Waals surface area contributed by atoms with Crippen LogP contribution >= 0.6 is 15.9 Å². The highest BCUT2D eigenvalue weighted by Gasteiger charge is 2.29. The van der Waals surface area contributed by atoms with E-state index in [1.54, 1.807) is 0 Å². The molecule has 2 aromatic carbocycles. The lowest BCUT2D eigenvalue weighted by Gasteiger charge is -2.33. The van der Waals surface area contributed by atoms with Crippen molar-refractivity contribution in [1.82, 2.24) is 0 Å². The van der Waals surface area contributed by atoms with Crippen molar-refractivity contribution in [2.75, 3.05) is 0 Å². The van der Waals surface area contributed by atoms with Gasteiger partial charge in [-0.05, 0) is 54.0 Å². The molecule has 2 aromatic rings. The maximum absolute atomic E-state index is 5.08. The molecule has 0 spiro atoms. The van der Waals surface area contributed by atoms with Gasteiger partial charge in [0.05, 0.1) is 6.04 Å². The molecule has 3 rings (SSSR count). The second-order valence-electron chi connectivity index (χ2n) is 6.98. The molecule has 22 heavy (non-hydrogen) atoms. The zero-order valence-corrected chi connectivity index (χ0v) is 15.0. The standard InChI is InChI=1S/C20H22BrN/c1-14(15-7-5-4-6-8-15)22-19-13-20(2,3)12-16-9-10-17(21)11-18(16)19/h4-11,14H,12-13H2,1-3H3. The Hall–Kier alpha value is -1.41. The van der Waals surface area contributed by atoms with Gasteiger partial charge in [0.15, 0.2) is 0 Å². The first-order valence-electron chi connectivity index (χ1n) is 7.85. The molecule has 1 unspecified atom stereocenters. The van der Waals surface area contributed by atoms with Gasteiger partial charge < -0.3 is 0 Å². The average molecular weight is 356 g/mol. The summed E-state index contributed by atoms with van der Waals surface area (Å²) in [4.78, 5) is 5.08. The van der Waals surface area contributed by atoms with E-state index in [2.05, 4.69) is 85.2 Å². The Morgan fingerprint density at radius 3 is 2.50 bits per heavy atom. The average Bonchev–Trinajstić information content (AvgIpc) is 2.48. The third-order valence-corrected chi connectivity index (χ3v) is 4.82. The van der Waals surface area contributed by atoms with Gasteiger partial charge in [-0.2, -0.15) is 0 Å². The minimum absolute atomic E-state index is 0.192. The van der Waals surface area contributed by atoms with Crippen LogP contribution in [-0.4, -0.2) is 5.71 Å². The monoisotopic (exact) mass is 355 g/mol. The molecular formula is C20H22BrN. The predicted molar refractivity (Wildman–Crippen MR) is 97.6 cm³/mol. The second kappa shape index (κ2) is 6.00. The normalized spacial score (nSPS) is 19.7. The van der Waals surface area contributed by atoms with Crippen LogP contribution in [0.4, 0.5) is 0 Å². The molecule has 0 N–H and O–H groups in total. The number of halogens is 1. The molecule has 1 aliphatic rings. The van der Waals surface area contributed by atoms with Gasteiger partial charge in [-0.15, -0.1) is 0 Å². The Balaban J connectivity index is 2.02. The van der Waals surface area contributed by atoms with Crippen LogP contribution in [0.5, 0.6) is 0 Å². The van der Waals surface area contributed by atoms with Crippen molar-refractivity contribution < 1.29 is 0 Å². The van der Waals surface area contributed by atoms with E-state index in [0.29, 0.717) is 0 Å². The summed E-state index contributed by atoms with van der Waals surface area (Å²) >= 11 is 3.60. The van der Waals surface area contributed by atoms with Crippen molar-refractivity contribution in [3.8, 4) is 0 Å². The number of benzene rings is 2. The van der Waals surface area contributed by atoms with Crippen LogP contribution in [0.1, 0.15) is 49.9 Å². The third kappa shape index (κ3) is 3.33. The second-order valence-corrected chi connectivity index (χ2v) is 7.90. The molecule has 0 amide bonds. The number of nitrogens with zero attached hydrogens (tertiary/aromatic N) is 1. The van der Waals surface area contributed by atoms with Crippen LogP contribution in [0.15, 0.2) is 58.0 Å². The van der Waals surface area contributed by atoms with Crippen LogP contribution in [0.25, 0.3) is 0 Å². The molecule has 0 bridgehead atoms. The van der Waals surface area contributed by atoms with Crippen molar-refractivity contribution in [2.24, 2.45) is 10.4 Å². The Bertz CT molecular complexity index is 701. The largest absolute Gasteiger partial charge is 0.281 e. The van der Waals surface area contributed by atoms with E-state index in [1.165, 1.54) is 22.4 Å². The summed E-state index contributed by atoms with van der Waals surface area (Å²) in [7, 11) is 0. The minimum atomic E-state index is 0.192. The minimum Gasteiger partial charge on any atom is -0.281 e. The van der Waals surface area contributed by atoms with Crippen LogP contribution in [-0.2, 0) is 6.42 Å². The molecule has 0 saturated heterocycles. The molecule has 0 radical (unpaired) electrons. The lowest BCUT2D eigenvalue weighted by Crippen LogP contribution is -2.27. The summed E-state index contributed by atoms with van der Waals surface area (Å²) < 4.78 is 1.13. The Labute approximate surface area is 141 Å². The highest BCUT2D eigenvalue weighted by atomic mass is 79.9. The van der Waals surface area contributed by atoms with Gasteiger partial charge in [0, 0.05) is 10.2 Å². The van der Waals surface area contributed by atoms with Crippen LogP contribution in [0.3, 0.4) is 0 Å². The molecule has 114 valence electrons. The zero-order chi connectivity index (χ0) is 15.7. The topological polar surface area (TPSA) is 12.4 Å². The van der Waals surface area contributed by atoms with E-state index in [1.807, 2.05) is 0 Å². The molecule has 0 saturated carbocycles. The number of hydrogen-bond donors (Lipinski definition) is 0. The molecule has 0 fully saturated rings. The van der Waals surface area contributed by atoms with Crippen LogP contribution < -0.4 is 0 Å². The summed E-state index contributed by atoms with van der Waals surface area (Å²) in [6.45, 7) is 6.85. The van der Waals surface area contributed by atoms with E-state index in [9.17, 15) is 0 Å². The smallest absolute Gasteiger partial charge is 0.0724 e. The molecule has 1 aliphatic carbocycles. The molecule has 2 heteroatoms. The summed E-state index contributed by atoms with van der Waals surface area (Å²) in [5.74, 6) is 0. The molecule has 1 nitrogen and oxygen atoms in total. The van der Waals surface area contributed by atoms with Crippen LogP contribution in [0.2, 0.25) is 0 Å². The lowest BCUT2D eigenvalue weighted by atomic mass is 9.73. The Morgan fingerprint density at radius 2 is 1.77 bits per heavy atom. The van der Waals surface area contributed by atoms with Gasteiger partial charge in [-0.25, -0.2) is 0 Å². The summed E-state index contributed by atoms with van der Waals surface area (Å²) in [5.41, 5.74) is 5.52. The summed E-state index contributed by atoms with van der Waals surface area (Å²) in [5, 5.41) is 0. The maximum Gasteiger partial charge on any atom is 0.0724 e. The number of aliphatic imine (C=N–C) groups is 1. The fraction of sp³-hybridized carbons (Fsp3) is 0.350. The highest BCUT2D eigenvalue weighted by Crippen LogP contribution is 2.37. The molecule has 0 aliphatic heterocycles. The van der Waals surface area contributed by atoms with Crippen molar-refractivity contribution >= 4 is 21.6 Å². The fourth-order valence-electron chi connectivity index (χ4n) is 3.25. The van der Waals surface area contributed by atoms with Gasteiger partial charge in [-0.3, -0.25) is 4.99 Å². The lowest BCUT2D eigenvalue weighted by molar-refractivity contribution is 0.372. The zero-order valence-electron chi connectivity index (χ0n) is 13.4. The first-order valence-corrected chi connectivity index (χ1v) is 8.64. The van der Waals surface area contributed by atoms with Crippen LogP contribution in [0, 0.1) is 5.41 Å². The predicted octanol–water partition coefficient (Wildman–Crippen LogP) is 5.97. The van der Waals surface area contributed by atoms with Crippen molar-refractivity contribution in [3.05, 3.63) is 69.7 Å². The van der Waals surface area contributed by atoms with E-state index in [0.717, 1.165) is 17.3 Å². The Kier molecular flexibility index (Phi) is 4.22. The number of fused-ring (bicyclic) bond motifs is 1. The maximum atomic E-state index is 5.08. The van der Waals surface area contributed by atoms with E-state index in [-0.39, 0.29) is 11.5 Å². The van der Waals surface area contributed by atoms with Crippen molar-refractivity contribution in [2.45, 2.75) is 39.7 Å². The molecule has 0 heterocycles. The summed E-state index contributed by atoms with van der Waals surface area (Å²) in [6, 6.07) is 17.3. The molecule has 0 aromatic heterocycles. The third-order valence-electron chi connectivity index (χ3n) is 4.33. The molecule has 1 atom stereocenters. The fourth-order valence-corrected chi connectivity index (χ4v) is 3.61. The van der Waals surface area contributed by atoms with E-state index < -0.39 is 0 Å². The highest BCUT2D eigenvalue weighted by molar-refractivity contribution is 9.10. The quantitative estimate of drug-likeness (QED) is 0.628. The van der Waals surface area contributed by atoms with Gasteiger partial charge in [0.1, 0.15) is 0 Å². The van der Waals surface area contributed by atoms with Gasteiger partial charge in [0.25, 0.3) is 0 Å². The molecular weight excluding hydrogens is 334 g/mol. The van der Waals surface area contributed by atoms with E-state index in [4.69, 9.17) is 4.99 Å².